The van der Waals surface area contributed by atoms with Crippen molar-refractivity contribution < 1.29 is 0 Å². The topological polar surface area (TPSA) is 12.9 Å². The van der Waals surface area contributed by atoms with E-state index in [0.29, 0.717) is 0 Å². The fraction of sp³-hybridized carbons (Fsp3) is 0.133. The standard InChI is InChI=1S/C15H12ClNS3/c1-18-13-7-11(16)15-14(17-13)12(9-20-15)19-8-10-5-3-2-4-6-10/h2-7,9H,8H2,1H3. The number of hydrogen-bond donors (Lipinski definition) is 0. The van der Waals surface area contributed by atoms with Gasteiger partial charge in [-0.2, -0.15) is 0 Å². The average molecular weight is 338 g/mol. The Bertz CT molecular complexity index is 725. The molecule has 3 aromatic rings. The summed E-state index contributed by atoms with van der Waals surface area (Å²) in [5.41, 5.74) is 2.36. The number of nitrogens with zero attached hydrogens (tertiary/aromatic N) is 1. The van der Waals surface area contributed by atoms with Crippen molar-refractivity contribution in [1.82, 2.24) is 4.98 Å². The smallest absolute Gasteiger partial charge is 0.0980 e. The molecule has 1 nitrogen and oxygen atoms in total. The van der Waals surface area contributed by atoms with Gasteiger partial charge in [-0.1, -0.05) is 41.9 Å². The van der Waals surface area contributed by atoms with Crippen molar-refractivity contribution in [2.75, 3.05) is 6.26 Å². The molecule has 0 atom stereocenters. The van der Waals surface area contributed by atoms with Crippen LogP contribution >= 0.6 is 46.5 Å². The summed E-state index contributed by atoms with van der Waals surface area (Å²) in [6.07, 6.45) is 2.02. The molecule has 0 saturated carbocycles. The number of benzene rings is 1. The first-order valence-electron chi connectivity index (χ1n) is 6.06. The Morgan fingerprint density at radius 2 is 2.05 bits per heavy atom. The molecule has 0 amide bonds. The first kappa shape index (κ1) is 14.3. The van der Waals surface area contributed by atoms with Crippen molar-refractivity contribution in [3.05, 3.63) is 52.4 Å². The normalized spacial score (nSPS) is 11.1. The SMILES string of the molecule is CSc1cc(Cl)c2scc(SCc3ccccc3)c2n1. The highest BCUT2D eigenvalue weighted by Crippen LogP contribution is 2.38. The van der Waals surface area contributed by atoms with E-state index in [0.717, 1.165) is 26.0 Å². The third-order valence-corrected chi connectivity index (χ3v) is 6.16. The zero-order valence-corrected chi connectivity index (χ0v) is 14.0. The zero-order valence-electron chi connectivity index (χ0n) is 10.8. The second kappa shape index (κ2) is 6.39. The lowest BCUT2D eigenvalue weighted by molar-refractivity contribution is 1.18. The van der Waals surface area contributed by atoms with E-state index in [4.69, 9.17) is 16.6 Å². The Kier molecular flexibility index (Phi) is 4.56. The lowest BCUT2D eigenvalue weighted by Crippen LogP contribution is -1.83. The maximum atomic E-state index is 6.32. The van der Waals surface area contributed by atoms with Gasteiger partial charge in [-0.25, -0.2) is 4.98 Å². The minimum Gasteiger partial charge on any atom is -0.239 e. The molecular weight excluding hydrogens is 326 g/mol. The molecule has 0 N–H and O–H groups in total. The van der Waals surface area contributed by atoms with Crippen molar-refractivity contribution >= 4 is 56.7 Å². The third kappa shape index (κ3) is 2.98. The summed E-state index contributed by atoms with van der Waals surface area (Å²) in [5.74, 6) is 0.954. The number of aromatic nitrogens is 1. The van der Waals surface area contributed by atoms with Crippen LogP contribution in [0.5, 0.6) is 0 Å². The van der Waals surface area contributed by atoms with Gasteiger partial charge in [0.2, 0.25) is 0 Å². The molecule has 2 heterocycles. The molecular formula is C15H12ClNS3. The minimum atomic E-state index is 0.802. The third-order valence-electron chi connectivity index (χ3n) is 2.87. The average Bonchev–Trinajstić information content (AvgIpc) is 2.89. The lowest BCUT2D eigenvalue weighted by atomic mass is 10.2. The number of fused-ring (bicyclic) bond motifs is 1. The molecule has 0 radical (unpaired) electrons. The minimum absolute atomic E-state index is 0.802. The van der Waals surface area contributed by atoms with E-state index in [1.54, 1.807) is 23.1 Å². The lowest BCUT2D eigenvalue weighted by Gasteiger charge is -2.02. The van der Waals surface area contributed by atoms with Gasteiger partial charge in [-0.05, 0) is 17.9 Å². The van der Waals surface area contributed by atoms with Crippen LogP contribution in [0.25, 0.3) is 10.2 Å². The van der Waals surface area contributed by atoms with E-state index < -0.39 is 0 Å². The molecule has 0 spiro atoms. The molecule has 0 bridgehead atoms. The van der Waals surface area contributed by atoms with Gasteiger partial charge in [-0.3, -0.25) is 0 Å². The Morgan fingerprint density at radius 3 is 2.80 bits per heavy atom. The van der Waals surface area contributed by atoms with Gasteiger partial charge in [0.05, 0.1) is 20.3 Å². The molecule has 0 aliphatic heterocycles. The van der Waals surface area contributed by atoms with Crippen molar-refractivity contribution in [3.63, 3.8) is 0 Å². The molecule has 0 aliphatic carbocycles. The number of pyridine rings is 1. The fourth-order valence-electron chi connectivity index (χ4n) is 1.87. The Hall–Kier alpha value is -0.680. The van der Waals surface area contributed by atoms with Crippen LogP contribution in [0.15, 0.2) is 51.7 Å². The molecule has 0 fully saturated rings. The van der Waals surface area contributed by atoms with Crippen LogP contribution in [0.1, 0.15) is 5.56 Å². The van der Waals surface area contributed by atoms with Gasteiger partial charge in [0.25, 0.3) is 0 Å². The molecule has 20 heavy (non-hydrogen) atoms. The fourth-order valence-corrected chi connectivity index (χ4v) is 4.73. The Morgan fingerprint density at radius 1 is 1.25 bits per heavy atom. The van der Waals surface area contributed by atoms with E-state index in [-0.39, 0.29) is 0 Å². The Balaban J connectivity index is 1.90. The molecule has 0 aliphatic rings. The Labute approximate surface area is 135 Å². The highest BCUT2D eigenvalue weighted by molar-refractivity contribution is 7.99. The molecule has 5 heteroatoms. The second-order valence-corrected chi connectivity index (χ2v) is 7.33. The highest BCUT2D eigenvalue weighted by Gasteiger charge is 2.11. The van der Waals surface area contributed by atoms with Crippen molar-refractivity contribution in [1.29, 1.82) is 0 Å². The summed E-state index contributed by atoms with van der Waals surface area (Å²) in [6.45, 7) is 0. The van der Waals surface area contributed by atoms with Gasteiger partial charge in [-0.15, -0.1) is 34.9 Å². The number of halogens is 1. The summed E-state index contributed by atoms with van der Waals surface area (Å²) in [7, 11) is 0. The maximum Gasteiger partial charge on any atom is 0.0980 e. The van der Waals surface area contributed by atoms with Gasteiger partial charge in [0, 0.05) is 16.0 Å². The molecule has 3 rings (SSSR count). The molecule has 0 unspecified atom stereocenters. The van der Waals surface area contributed by atoms with Gasteiger partial charge >= 0.3 is 0 Å². The van der Waals surface area contributed by atoms with Crippen LogP contribution in [-0.2, 0) is 5.75 Å². The van der Waals surface area contributed by atoms with Crippen LogP contribution in [0.2, 0.25) is 5.02 Å². The summed E-state index contributed by atoms with van der Waals surface area (Å²) in [4.78, 5) is 5.91. The van der Waals surface area contributed by atoms with E-state index in [9.17, 15) is 0 Å². The van der Waals surface area contributed by atoms with Crippen LogP contribution in [0, 0.1) is 0 Å². The largest absolute Gasteiger partial charge is 0.239 e. The summed E-state index contributed by atoms with van der Waals surface area (Å²) < 4.78 is 1.08. The molecule has 0 saturated heterocycles. The van der Waals surface area contributed by atoms with Crippen LogP contribution in [0.4, 0.5) is 0 Å². The van der Waals surface area contributed by atoms with Gasteiger partial charge in [0.15, 0.2) is 0 Å². The van der Waals surface area contributed by atoms with Crippen LogP contribution in [-0.4, -0.2) is 11.2 Å². The molecule has 102 valence electrons. The van der Waals surface area contributed by atoms with Crippen LogP contribution in [0.3, 0.4) is 0 Å². The predicted molar refractivity (Wildman–Crippen MR) is 92.4 cm³/mol. The summed E-state index contributed by atoms with van der Waals surface area (Å²) >= 11 is 11.4. The van der Waals surface area contributed by atoms with E-state index in [2.05, 4.69) is 29.6 Å². The number of rotatable bonds is 4. The second-order valence-electron chi connectivity index (χ2n) is 4.20. The van der Waals surface area contributed by atoms with Gasteiger partial charge < -0.3 is 0 Å². The van der Waals surface area contributed by atoms with E-state index in [1.807, 2.05) is 30.2 Å². The van der Waals surface area contributed by atoms with E-state index >= 15 is 0 Å². The van der Waals surface area contributed by atoms with Crippen molar-refractivity contribution in [2.24, 2.45) is 0 Å². The van der Waals surface area contributed by atoms with E-state index in [1.165, 1.54) is 10.5 Å². The molecule has 2 aromatic heterocycles. The quantitative estimate of drug-likeness (QED) is 0.545. The number of hydrogen-bond acceptors (Lipinski definition) is 4. The monoisotopic (exact) mass is 337 g/mol. The molecule has 1 aromatic carbocycles. The summed E-state index contributed by atoms with van der Waals surface area (Å²) in [5, 5.41) is 3.93. The van der Waals surface area contributed by atoms with Crippen molar-refractivity contribution in [3.8, 4) is 0 Å². The first-order chi connectivity index (χ1) is 9.78. The highest BCUT2D eigenvalue weighted by atomic mass is 35.5. The summed E-state index contributed by atoms with van der Waals surface area (Å²) in [6, 6.07) is 12.4. The zero-order chi connectivity index (χ0) is 13.9. The maximum absolute atomic E-state index is 6.32. The number of thiophene rings is 1. The first-order valence-corrected chi connectivity index (χ1v) is 9.53. The van der Waals surface area contributed by atoms with Gasteiger partial charge in [0.1, 0.15) is 0 Å². The number of thioether (sulfide) groups is 2. The van der Waals surface area contributed by atoms with Crippen molar-refractivity contribution in [2.45, 2.75) is 15.7 Å². The van der Waals surface area contributed by atoms with Crippen LogP contribution < -0.4 is 0 Å². The predicted octanol–water partition coefficient (Wildman–Crippen LogP) is 5.96.